The van der Waals surface area contributed by atoms with E-state index in [2.05, 4.69) is 36.2 Å². The van der Waals surface area contributed by atoms with Gasteiger partial charge in [0.2, 0.25) is 0 Å². The van der Waals surface area contributed by atoms with Crippen LogP contribution in [-0.2, 0) is 0 Å². The summed E-state index contributed by atoms with van der Waals surface area (Å²) in [6.45, 7) is 4.29. The summed E-state index contributed by atoms with van der Waals surface area (Å²) in [5.74, 6) is 0.661. The molecule has 0 aromatic heterocycles. The van der Waals surface area contributed by atoms with E-state index in [9.17, 15) is 0 Å². The van der Waals surface area contributed by atoms with Gasteiger partial charge in [0, 0.05) is 0 Å². The summed E-state index contributed by atoms with van der Waals surface area (Å²) in [6.07, 6.45) is 4.11. The summed E-state index contributed by atoms with van der Waals surface area (Å²) in [4.78, 5) is 1.85. The van der Waals surface area contributed by atoms with E-state index in [1.54, 1.807) is 0 Å². The zero-order valence-corrected chi connectivity index (χ0v) is 6.27. The predicted molar refractivity (Wildman–Crippen MR) is 37.2 cm³/mol. The van der Waals surface area contributed by atoms with E-state index >= 15 is 0 Å². The quantitative estimate of drug-likeness (QED) is 0.585. The molecule has 1 heteroatoms. The van der Waals surface area contributed by atoms with Crippen LogP contribution in [0.1, 0.15) is 13.8 Å². The van der Waals surface area contributed by atoms with Gasteiger partial charge >= 0.3 is 0 Å². The van der Waals surface area contributed by atoms with E-state index in [4.69, 9.17) is 0 Å². The van der Waals surface area contributed by atoms with Gasteiger partial charge in [0.15, 0.2) is 0 Å². The number of rotatable bonds is 2. The maximum absolute atomic E-state index is 3.17. The summed E-state index contributed by atoms with van der Waals surface area (Å²) in [7, 11) is 0. The van der Waals surface area contributed by atoms with Crippen molar-refractivity contribution in [2.45, 2.75) is 13.8 Å². The van der Waals surface area contributed by atoms with Crippen LogP contribution in [0.2, 0.25) is 0 Å². The van der Waals surface area contributed by atoms with Crippen molar-refractivity contribution in [1.82, 2.24) is 0 Å². The molecule has 0 rings (SSSR count). The molecule has 0 saturated heterocycles. The molecule has 0 aliphatic carbocycles. The zero-order chi connectivity index (χ0) is 5.70. The van der Waals surface area contributed by atoms with Crippen LogP contribution in [0, 0.1) is 12.3 Å². The van der Waals surface area contributed by atoms with Crippen molar-refractivity contribution in [2.24, 2.45) is 5.92 Å². The fraction of sp³-hybridized carbons (Fsp3) is 0.500. The lowest BCUT2D eigenvalue weighted by atomic mass is 10.1. The Labute approximate surface area is 53.7 Å². The molecule has 41 valence electrons. The van der Waals surface area contributed by atoms with E-state index in [1.807, 2.05) is 11.1 Å². The Bertz CT molecular complexity index is 55.2. The van der Waals surface area contributed by atoms with Crippen molar-refractivity contribution >= 4 is 15.9 Å². The van der Waals surface area contributed by atoms with E-state index in [1.165, 1.54) is 0 Å². The third kappa shape index (κ3) is 6.22. The normalized spacial score (nSPS) is 11.4. The largest absolute Gasteiger partial charge is 0.0736 e. The second-order valence-corrected chi connectivity index (χ2v) is 2.28. The first-order chi connectivity index (χ1) is 3.27. The fourth-order valence-electron chi connectivity index (χ4n) is 0.264. The molecule has 0 aromatic carbocycles. The lowest BCUT2D eigenvalue weighted by molar-refractivity contribution is 0.786. The minimum Gasteiger partial charge on any atom is -0.0736 e. The minimum atomic E-state index is 0.661. The number of hydrogen-bond donors (Lipinski definition) is 0. The average molecular weight is 162 g/mol. The number of allylic oxidation sites excluding steroid dienone is 1. The van der Waals surface area contributed by atoms with Gasteiger partial charge in [-0.2, -0.15) is 0 Å². The summed E-state index contributed by atoms with van der Waals surface area (Å²) in [5.41, 5.74) is 0. The minimum absolute atomic E-state index is 0.661. The standard InChI is InChI=1S/C6H10Br/c1-6(2)4-3-5-7/h3-6H,1-2H3. The van der Waals surface area contributed by atoms with Gasteiger partial charge in [-0.15, -0.1) is 0 Å². The number of halogens is 1. The molecular weight excluding hydrogens is 152 g/mol. The highest BCUT2D eigenvalue weighted by atomic mass is 79.9. The third-order valence-corrected chi connectivity index (χ3v) is 0.874. The molecule has 0 spiro atoms. The third-order valence-electron chi connectivity index (χ3n) is 0.569. The molecule has 0 fully saturated rings. The van der Waals surface area contributed by atoms with Gasteiger partial charge in [-0.1, -0.05) is 35.9 Å². The van der Waals surface area contributed by atoms with Gasteiger partial charge < -0.3 is 0 Å². The van der Waals surface area contributed by atoms with Crippen LogP contribution in [0.5, 0.6) is 0 Å². The fourth-order valence-corrected chi connectivity index (χ4v) is 0.440. The van der Waals surface area contributed by atoms with Crippen LogP contribution in [-0.4, -0.2) is 0 Å². The highest BCUT2D eigenvalue weighted by molar-refractivity contribution is 9.11. The average Bonchev–Trinajstić information content (AvgIpc) is 1.61. The molecule has 0 atom stereocenters. The molecule has 0 unspecified atom stereocenters. The summed E-state index contributed by atoms with van der Waals surface area (Å²) in [5, 5.41) is 0. The van der Waals surface area contributed by atoms with Crippen LogP contribution < -0.4 is 0 Å². The molecule has 0 aliphatic heterocycles. The van der Waals surface area contributed by atoms with Gasteiger partial charge in [0.05, 0.1) is 0 Å². The van der Waals surface area contributed by atoms with Crippen LogP contribution in [0.25, 0.3) is 0 Å². The Morgan fingerprint density at radius 2 is 2.00 bits per heavy atom. The Morgan fingerprint density at radius 1 is 1.43 bits per heavy atom. The van der Waals surface area contributed by atoms with Crippen molar-refractivity contribution in [2.75, 3.05) is 0 Å². The lowest BCUT2D eigenvalue weighted by Gasteiger charge is -1.92. The SMILES string of the molecule is CC(C)[CH]C=CBr. The van der Waals surface area contributed by atoms with Gasteiger partial charge in [0.25, 0.3) is 0 Å². The van der Waals surface area contributed by atoms with Crippen LogP contribution in [0.15, 0.2) is 11.1 Å². The van der Waals surface area contributed by atoms with Crippen molar-refractivity contribution in [3.05, 3.63) is 17.5 Å². The summed E-state index contributed by atoms with van der Waals surface area (Å²) >= 11 is 3.17. The second kappa shape index (κ2) is 4.38. The first-order valence-electron chi connectivity index (χ1n) is 2.37. The predicted octanol–water partition coefficient (Wildman–Crippen LogP) is 2.76. The van der Waals surface area contributed by atoms with Gasteiger partial charge in [-0.3, -0.25) is 0 Å². The van der Waals surface area contributed by atoms with Gasteiger partial charge in [-0.25, -0.2) is 0 Å². The highest BCUT2D eigenvalue weighted by Crippen LogP contribution is 1.98. The van der Waals surface area contributed by atoms with E-state index in [-0.39, 0.29) is 0 Å². The Kier molecular flexibility index (Phi) is 4.52. The molecule has 0 aromatic rings. The van der Waals surface area contributed by atoms with Crippen molar-refractivity contribution in [1.29, 1.82) is 0 Å². The lowest BCUT2D eigenvalue weighted by Crippen LogP contribution is -1.81. The number of hydrogen-bond acceptors (Lipinski definition) is 0. The molecule has 0 N–H and O–H groups in total. The van der Waals surface area contributed by atoms with Crippen molar-refractivity contribution < 1.29 is 0 Å². The second-order valence-electron chi connectivity index (χ2n) is 1.75. The highest BCUT2D eigenvalue weighted by Gasteiger charge is 1.84. The maximum Gasteiger partial charge on any atom is -0.0136 e. The van der Waals surface area contributed by atoms with Crippen LogP contribution in [0.4, 0.5) is 0 Å². The Balaban J connectivity index is 2.97. The van der Waals surface area contributed by atoms with Crippen LogP contribution in [0.3, 0.4) is 0 Å². The summed E-state index contributed by atoms with van der Waals surface area (Å²) < 4.78 is 0. The maximum atomic E-state index is 3.17. The molecule has 0 aliphatic rings. The topological polar surface area (TPSA) is 0 Å². The molecule has 0 amide bonds. The Morgan fingerprint density at radius 3 is 2.14 bits per heavy atom. The van der Waals surface area contributed by atoms with Gasteiger partial charge in [-0.05, 0) is 17.3 Å². The molecule has 0 nitrogen and oxygen atoms in total. The molecule has 7 heavy (non-hydrogen) atoms. The Hall–Kier alpha value is 0.220. The molecule has 1 radical (unpaired) electrons. The van der Waals surface area contributed by atoms with Crippen LogP contribution >= 0.6 is 15.9 Å². The monoisotopic (exact) mass is 161 g/mol. The molecular formula is C6H10Br. The van der Waals surface area contributed by atoms with Gasteiger partial charge in [0.1, 0.15) is 0 Å². The van der Waals surface area contributed by atoms with E-state index in [0.717, 1.165) is 0 Å². The molecule has 0 bridgehead atoms. The van der Waals surface area contributed by atoms with E-state index in [0.29, 0.717) is 5.92 Å². The van der Waals surface area contributed by atoms with Crippen molar-refractivity contribution in [3.8, 4) is 0 Å². The molecule has 0 saturated carbocycles. The van der Waals surface area contributed by atoms with E-state index < -0.39 is 0 Å². The van der Waals surface area contributed by atoms with Crippen molar-refractivity contribution in [3.63, 3.8) is 0 Å². The first kappa shape index (κ1) is 7.22. The zero-order valence-electron chi connectivity index (χ0n) is 4.69. The molecule has 0 heterocycles. The smallest absolute Gasteiger partial charge is 0.0136 e. The summed E-state index contributed by atoms with van der Waals surface area (Å²) in [6, 6.07) is 0. The first-order valence-corrected chi connectivity index (χ1v) is 3.29.